The Morgan fingerprint density at radius 3 is 1.95 bits per heavy atom. The molecule has 0 aliphatic rings. The van der Waals surface area contributed by atoms with Crippen LogP contribution in [0, 0.1) is 5.92 Å². The summed E-state index contributed by atoms with van der Waals surface area (Å²) in [6, 6.07) is 25.3. The number of nitrogens with zero attached hydrogens (tertiary/aromatic N) is 1. The number of aliphatic hydroxyl groups is 1. The number of sulfonamides is 1. The van der Waals surface area contributed by atoms with Gasteiger partial charge in [-0.05, 0) is 78.8 Å². The molecule has 0 fully saturated rings. The number of benzene rings is 4. The first-order chi connectivity index (χ1) is 27.4. The van der Waals surface area contributed by atoms with Gasteiger partial charge in [0.15, 0.2) is 0 Å². The molecule has 58 heavy (non-hydrogen) atoms. The lowest BCUT2D eigenvalue weighted by Gasteiger charge is -2.26. The molecule has 0 aromatic heterocycles. The van der Waals surface area contributed by atoms with Gasteiger partial charge in [-0.3, -0.25) is 23.5 Å². The smallest absolute Gasteiger partial charge is 0.251 e. The van der Waals surface area contributed by atoms with Gasteiger partial charge in [-0.1, -0.05) is 92.2 Å². The Labute approximate surface area is 346 Å². The van der Waals surface area contributed by atoms with E-state index in [0.29, 0.717) is 11.4 Å². The van der Waals surface area contributed by atoms with E-state index >= 15 is 0 Å². The van der Waals surface area contributed by atoms with Crippen LogP contribution in [-0.2, 0) is 39.2 Å². The standard InChI is InChI=1S/C43H53ClN6O7S/c1-27(2)39(43(55)46-24-31-15-17-32(26-51)18-16-31)49-40(52)29(4)45-25-37(19-30-11-8-7-9-12-30)48-42(54)35-20-34(22-38(23-35)50(5)58(6,56)57)41(53)47-28(3)33-13-10-14-36(44)21-33/h7-18,20-23,27-29,37,39,45,51H,19,24-26H2,1-6H3,(H,46,55)(H,47,53)(H,48,54)(H,49,52)/t28-,29+,37+,39+/m1/s1. The van der Waals surface area contributed by atoms with E-state index in [2.05, 4.69) is 26.6 Å². The van der Waals surface area contributed by atoms with Gasteiger partial charge >= 0.3 is 0 Å². The molecule has 15 heteroatoms. The van der Waals surface area contributed by atoms with Crippen LogP contribution in [0.3, 0.4) is 0 Å². The minimum absolute atomic E-state index is 0.0486. The van der Waals surface area contributed by atoms with Crippen LogP contribution in [0.4, 0.5) is 5.69 Å². The van der Waals surface area contributed by atoms with Crippen LogP contribution in [0.2, 0.25) is 5.02 Å². The topological polar surface area (TPSA) is 186 Å². The van der Waals surface area contributed by atoms with Crippen molar-refractivity contribution in [2.24, 2.45) is 5.92 Å². The monoisotopic (exact) mass is 832 g/mol. The first-order valence-corrected chi connectivity index (χ1v) is 21.2. The maximum Gasteiger partial charge on any atom is 0.251 e. The largest absolute Gasteiger partial charge is 0.392 e. The number of nitrogens with one attached hydrogen (secondary N) is 5. The zero-order valence-electron chi connectivity index (χ0n) is 33.6. The average molecular weight is 833 g/mol. The predicted molar refractivity (Wildman–Crippen MR) is 227 cm³/mol. The Hall–Kier alpha value is -5.28. The van der Waals surface area contributed by atoms with Gasteiger partial charge in [0.25, 0.3) is 11.8 Å². The SMILES string of the molecule is CC(C)[C@H](NC(=O)[C@H](C)NC[C@H](Cc1ccccc1)NC(=O)c1cc(C(=O)N[C@H](C)c2cccc(Cl)c2)cc(N(C)S(C)(=O)=O)c1)C(=O)NCc1ccc(CO)cc1. The molecule has 4 rings (SSSR count). The number of carbonyl (C=O) groups excluding carboxylic acids is 4. The van der Waals surface area contributed by atoms with Gasteiger partial charge in [-0.2, -0.15) is 0 Å². The number of rotatable bonds is 19. The van der Waals surface area contributed by atoms with Gasteiger partial charge in [-0.25, -0.2) is 8.42 Å². The third-order valence-corrected chi connectivity index (χ3v) is 11.1. The lowest BCUT2D eigenvalue weighted by molar-refractivity contribution is -0.131. The highest BCUT2D eigenvalue weighted by Gasteiger charge is 2.27. The lowest BCUT2D eigenvalue weighted by Crippen LogP contribution is -2.55. The molecule has 13 nitrogen and oxygen atoms in total. The molecule has 4 aromatic carbocycles. The molecule has 4 aromatic rings. The van der Waals surface area contributed by atoms with E-state index < -0.39 is 51.9 Å². The first kappa shape index (κ1) is 45.4. The number of carbonyl (C=O) groups is 4. The van der Waals surface area contributed by atoms with E-state index in [4.69, 9.17) is 11.6 Å². The molecule has 6 N–H and O–H groups in total. The van der Waals surface area contributed by atoms with Crippen molar-refractivity contribution < 1.29 is 32.7 Å². The molecule has 0 radical (unpaired) electrons. The van der Waals surface area contributed by atoms with Crippen molar-refractivity contribution in [2.45, 2.75) is 71.4 Å². The van der Waals surface area contributed by atoms with Crippen molar-refractivity contribution in [3.8, 4) is 0 Å². The summed E-state index contributed by atoms with van der Waals surface area (Å²) in [5.41, 5.74) is 3.50. The van der Waals surface area contributed by atoms with Crippen molar-refractivity contribution in [3.05, 3.63) is 135 Å². The first-order valence-electron chi connectivity index (χ1n) is 18.9. The minimum atomic E-state index is -3.77. The fourth-order valence-corrected chi connectivity index (χ4v) is 6.70. The van der Waals surface area contributed by atoms with E-state index in [1.54, 1.807) is 44.2 Å². The van der Waals surface area contributed by atoms with Crippen LogP contribution in [0.15, 0.2) is 97.1 Å². The summed E-state index contributed by atoms with van der Waals surface area (Å²) in [5.74, 6) is -2.07. The van der Waals surface area contributed by atoms with E-state index in [1.165, 1.54) is 25.2 Å². The summed E-state index contributed by atoms with van der Waals surface area (Å²) in [5, 5.41) is 24.6. The number of amides is 4. The number of anilines is 1. The molecular weight excluding hydrogens is 780 g/mol. The Balaban J connectivity index is 1.50. The number of hydrogen-bond acceptors (Lipinski definition) is 8. The molecule has 0 saturated carbocycles. The van der Waals surface area contributed by atoms with Crippen molar-refractivity contribution >= 4 is 50.9 Å². The highest BCUT2D eigenvalue weighted by atomic mass is 35.5. The molecule has 0 aliphatic carbocycles. The van der Waals surface area contributed by atoms with Crippen LogP contribution in [-0.4, -0.2) is 75.1 Å². The molecule has 0 unspecified atom stereocenters. The Bertz CT molecular complexity index is 2150. The van der Waals surface area contributed by atoms with Gasteiger partial charge < -0.3 is 31.7 Å². The Morgan fingerprint density at radius 2 is 1.36 bits per heavy atom. The molecule has 0 aliphatic heterocycles. The normalized spacial score (nSPS) is 13.5. The van der Waals surface area contributed by atoms with Crippen molar-refractivity contribution in [2.75, 3.05) is 24.2 Å². The number of hydrogen-bond donors (Lipinski definition) is 6. The van der Waals surface area contributed by atoms with Crippen molar-refractivity contribution in [1.82, 2.24) is 26.6 Å². The Kier molecular flexibility index (Phi) is 16.4. The van der Waals surface area contributed by atoms with Crippen LogP contribution < -0.4 is 30.9 Å². The second-order valence-corrected chi connectivity index (χ2v) is 17.1. The van der Waals surface area contributed by atoms with Crippen molar-refractivity contribution in [3.63, 3.8) is 0 Å². The second-order valence-electron chi connectivity index (χ2n) is 14.7. The van der Waals surface area contributed by atoms with E-state index in [0.717, 1.165) is 32.8 Å². The zero-order chi connectivity index (χ0) is 42.6. The summed E-state index contributed by atoms with van der Waals surface area (Å²) in [6.45, 7) is 7.43. The maximum absolute atomic E-state index is 14.0. The highest BCUT2D eigenvalue weighted by Crippen LogP contribution is 2.23. The highest BCUT2D eigenvalue weighted by molar-refractivity contribution is 7.92. The average Bonchev–Trinajstić information content (AvgIpc) is 3.20. The molecular formula is C43H53ClN6O7S. The van der Waals surface area contributed by atoms with Gasteiger partial charge in [0, 0.05) is 42.3 Å². The third kappa shape index (κ3) is 13.4. The summed E-state index contributed by atoms with van der Waals surface area (Å²) < 4.78 is 26.1. The van der Waals surface area contributed by atoms with E-state index in [-0.39, 0.29) is 48.3 Å². The van der Waals surface area contributed by atoms with E-state index in [1.807, 2.05) is 62.4 Å². The summed E-state index contributed by atoms with van der Waals surface area (Å²) in [6.07, 6.45) is 1.40. The zero-order valence-corrected chi connectivity index (χ0v) is 35.2. The maximum atomic E-state index is 14.0. The molecule has 4 amide bonds. The fraction of sp³-hybridized carbons (Fsp3) is 0.349. The van der Waals surface area contributed by atoms with Gasteiger partial charge in [0.1, 0.15) is 6.04 Å². The van der Waals surface area contributed by atoms with Gasteiger partial charge in [-0.15, -0.1) is 0 Å². The molecule has 0 heterocycles. The summed E-state index contributed by atoms with van der Waals surface area (Å²) in [7, 11) is -2.43. The molecule has 0 saturated heterocycles. The molecule has 0 spiro atoms. The molecule has 310 valence electrons. The summed E-state index contributed by atoms with van der Waals surface area (Å²) in [4.78, 5) is 54.2. The van der Waals surface area contributed by atoms with Crippen LogP contribution in [0.5, 0.6) is 0 Å². The molecule has 4 atom stereocenters. The quantitative estimate of drug-likeness (QED) is 0.0798. The lowest BCUT2D eigenvalue weighted by atomic mass is 10.0. The van der Waals surface area contributed by atoms with E-state index in [9.17, 15) is 32.7 Å². The van der Waals surface area contributed by atoms with Gasteiger partial charge in [0.2, 0.25) is 21.8 Å². The van der Waals surface area contributed by atoms with Crippen LogP contribution in [0.25, 0.3) is 0 Å². The number of aliphatic hydroxyl groups excluding tert-OH is 1. The third-order valence-electron chi connectivity index (χ3n) is 9.64. The second kappa shape index (κ2) is 20.9. The fourth-order valence-electron chi connectivity index (χ4n) is 6.01. The molecule has 0 bridgehead atoms. The Morgan fingerprint density at radius 1 is 0.741 bits per heavy atom. The minimum Gasteiger partial charge on any atom is -0.392 e. The summed E-state index contributed by atoms with van der Waals surface area (Å²) >= 11 is 6.16. The van der Waals surface area contributed by atoms with Crippen LogP contribution >= 0.6 is 11.6 Å². The van der Waals surface area contributed by atoms with Crippen LogP contribution in [0.1, 0.15) is 76.7 Å². The van der Waals surface area contributed by atoms with Crippen molar-refractivity contribution in [1.29, 1.82) is 0 Å². The predicted octanol–water partition coefficient (Wildman–Crippen LogP) is 4.50. The van der Waals surface area contributed by atoms with Gasteiger partial charge in [0.05, 0.1) is 30.6 Å². The number of halogens is 1.